The second-order valence-electron chi connectivity index (χ2n) is 5.96. The van der Waals surface area contributed by atoms with Crippen molar-refractivity contribution in [2.24, 2.45) is 5.92 Å². The van der Waals surface area contributed by atoms with E-state index in [1.165, 1.54) is 0 Å². The molecule has 2 saturated heterocycles. The van der Waals surface area contributed by atoms with E-state index in [0.717, 1.165) is 0 Å². The summed E-state index contributed by atoms with van der Waals surface area (Å²) < 4.78 is 0. The second-order valence-corrected chi connectivity index (χ2v) is 5.96. The van der Waals surface area contributed by atoms with Crippen LogP contribution in [0.15, 0.2) is 0 Å². The summed E-state index contributed by atoms with van der Waals surface area (Å²) >= 11 is 0. The number of amides is 2. The lowest BCUT2D eigenvalue weighted by atomic mass is 9.96. The van der Waals surface area contributed by atoms with Crippen LogP contribution in [0.25, 0.3) is 0 Å². The fourth-order valence-electron chi connectivity index (χ4n) is 2.88. The van der Waals surface area contributed by atoms with E-state index >= 15 is 0 Å². The molecule has 0 aromatic carbocycles. The van der Waals surface area contributed by atoms with Gasteiger partial charge in [0.05, 0.1) is 18.5 Å². The fourth-order valence-corrected chi connectivity index (χ4v) is 2.88. The summed E-state index contributed by atoms with van der Waals surface area (Å²) in [5, 5.41) is 3.22. The average molecular weight is 239 g/mol. The quantitative estimate of drug-likeness (QED) is 0.630. The zero-order valence-corrected chi connectivity index (χ0v) is 11.0. The summed E-state index contributed by atoms with van der Waals surface area (Å²) in [7, 11) is 1.71. The summed E-state index contributed by atoms with van der Waals surface area (Å²) in [5.41, 5.74) is -0.239. The van der Waals surface area contributed by atoms with Crippen LogP contribution < -0.4 is 5.32 Å². The first-order valence-electron chi connectivity index (χ1n) is 6.10. The third-order valence-corrected chi connectivity index (χ3v) is 3.57. The maximum Gasteiger partial charge on any atom is 0.242 e. The molecule has 0 bridgehead atoms. The fraction of sp³-hybridized carbons (Fsp3) is 0.833. The van der Waals surface area contributed by atoms with E-state index < -0.39 is 0 Å². The topological polar surface area (TPSA) is 52.7 Å². The lowest BCUT2D eigenvalue weighted by Crippen LogP contribution is -2.54. The zero-order valence-electron chi connectivity index (χ0n) is 11.0. The number of nitrogens with zero attached hydrogens (tertiary/aromatic N) is 2. The molecule has 0 aliphatic carbocycles. The Balaban J connectivity index is 2.38. The van der Waals surface area contributed by atoms with Gasteiger partial charge in [-0.1, -0.05) is 0 Å². The van der Waals surface area contributed by atoms with Gasteiger partial charge >= 0.3 is 0 Å². The minimum atomic E-state index is -0.239. The van der Waals surface area contributed by atoms with E-state index in [-0.39, 0.29) is 35.9 Å². The highest BCUT2D eigenvalue weighted by Crippen LogP contribution is 2.28. The van der Waals surface area contributed by atoms with E-state index in [2.05, 4.69) is 5.32 Å². The van der Waals surface area contributed by atoms with E-state index in [1.54, 1.807) is 11.9 Å². The Morgan fingerprint density at radius 2 is 1.88 bits per heavy atom. The molecule has 2 heterocycles. The van der Waals surface area contributed by atoms with Crippen LogP contribution in [0.2, 0.25) is 0 Å². The van der Waals surface area contributed by atoms with Gasteiger partial charge in [-0.25, -0.2) is 0 Å². The van der Waals surface area contributed by atoms with Crippen LogP contribution >= 0.6 is 0 Å². The molecule has 2 rings (SSSR count). The Morgan fingerprint density at radius 1 is 1.24 bits per heavy atom. The van der Waals surface area contributed by atoms with Gasteiger partial charge in [0, 0.05) is 25.7 Å². The molecule has 5 heteroatoms. The van der Waals surface area contributed by atoms with Gasteiger partial charge in [-0.2, -0.15) is 0 Å². The summed E-state index contributed by atoms with van der Waals surface area (Å²) in [5.74, 6) is 0.0373. The van der Waals surface area contributed by atoms with Crippen molar-refractivity contribution in [3.8, 4) is 0 Å². The first-order valence-corrected chi connectivity index (χ1v) is 6.10. The minimum absolute atomic E-state index is 0.0000463. The van der Waals surface area contributed by atoms with Crippen LogP contribution in [-0.4, -0.2) is 59.9 Å². The monoisotopic (exact) mass is 239 g/mol. The van der Waals surface area contributed by atoms with Crippen LogP contribution in [0.1, 0.15) is 20.8 Å². The van der Waals surface area contributed by atoms with Gasteiger partial charge in [0.1, 0.15) is 0 Å². The Labute approximate surface area is 102 Å². The van der Waals surface area contributed by atoms with Gasteiger partial charge in [-0.15, -0.1) is 0 Å². The third kappa shape index (κ3) is 2.04. The second kappa shape index (κ2) is 3.98. The maximum absolute atomic E-state index is 12.3. The van der Waals surface area contributed by atoms with E-state index in [4.69, 9.17) is 0 Å². The third-order valence-electron chi connectivity index (χ3n) is 3.57. The molecule has 0 saturated carbocycles. The van der Waals surface area contributed by atoms with Crippen LogP contribution in [0, 0.1) is 5.92 Å². The number of carbonyl (C=O) groups is 2. The number of likely N-dealkylation sites (N-methyl/N-ethyl adjacent to an activating group) is 1. The molecule has 2 fully saturated rings. The smallest absolute Gasteiger partial charge is 0.242 e. The average Bonchev–Trinajstić information content (AvgIpc) is 2.59. The number of hydrogen-bond acceptors (Lipinski definition) is 3. The van der Waals surface area contributed by atoms with Gasteiger partial charge in [0.2, 0.25) is 11.8 Å². The Morgan fingerprint density at radius 3 is 2.47 bits per heavy atom. The standard InChI is InChI=1S/C12H21N3O2/c1-12(2,3)15-9-6-13-5-8(9)11(17)14(4)7-10(15)16/h8-9,13H,5-7H2,1-4H3/t8-,9-/m1/s1. The molecule has 0 aromatic heterocycles. The Hall–Kier alpha value is -1.10. The highest BCUT2D eigenvalue weighted by molar-refractivity contribution is 5.90. The van der Waals surface area contributed by atoms with Crippen molar-refractivity contribution < 1.29 is 9.59 Å². The van der Waals surface area contributed by atoms with Gasteiger partial charge in [-0.3, -0.25) is 9.59 Å². The van der Waals surface area contributed by atoms with Crippen molar-refractivity contribution >= 4 is 11.8 Å². The molecule has 17 heavy (non-hydrogen) atoms. The molecule has 0 radical (unpaired) electrons. The lowest BCUT2D eigenvalue weighted by Gasteiger charge is -2.40. The number of carbonyl (C=O) groups excluding carboxylic acids is 2. The summed E-state index contributed by atoms with van der Waals surface area (Å²) in [6.45, 7) is 7.66. The van der Waals surface area contributed by atoms with Crippen LogP contribution in [0.5, 0.6) is 0 Å². The highest BCUT2D eigenvalue weighted by atomic mass is 16.2. The molecule has 96 valence electrons. The molecule has 0 spiro atoms. The number of hydrogen-bond donors (Lipinski definition) is 1. The van der Waals surface area contributed by atoms with Gasteiger partial charge in [-0.05, 0) is 20.8 Å². The predicted octanol–water partition coefficient (Wildman–Crippen LogP) is -0.326. The first kappa shape index (κ1) is 12.4. The normalized spacial score (nSPS) is 30.6. The summed E-state index contributed by atoms with van der Waals surface area (Å²) in [4.78, 5) is 27.9. The van der Waals surface area contributed by atoms with E-state index in [0.29, 0.717) is 13.1 Å². The summed E-state index contributed by atoms with van der Waals surface area (Å²) in [6.07, 6.45) is 0. The van der Waals surface area contributed by atoms with Crippen molar-refractivity contribution in [1.82, 2.24) is 15.1 Å². The maximum atomic E-state index is 12.3. The molecule has 2 aliphatic rings. The van der Waals surface area contributed by atoms with E-state index in [1.807, 2.05) is 25.7 Å². The molecule has 0 unspecified atom stereocenters. The van der Waals surface area contributed by atoms with Crippen LogP contribution in [0.4, 0.5) is 0 Å². The lowest BCUT2D eigenvalue weighted by molar-refractivity contribution is -0.139. The molecule has 2 atom stereocenters. The van der Waals surface area contributed by atoms with Gasteiger partial charge in [0.25, 0.3) is 0 Å². The van der Waals surface area contributed by atoms with Crippen LogP contribution in [0.3, 0.4) is 0 Å². The first-order chi connectivity index (χ1) is 7.82. The number of rotatable bonds is 0. The van der Waals surface area contributed by atoms with E-state index in [9.17, 15) is 9.59 Å². The minimum Gasteiger partial charge on any atom is -0.336 e. The van der Waals surface area contributed by atoms with Crippen LogP contribution in [-0.2, 0) is 9.59 Å². The number of fused-ring (bicyclic) bond motifs is 1. The SMILES string of the molecule is CN1CC(=O)N(C(C)(C)C)[C@@H]2CNC[C@H]2C1=O. The summed E-state index contributed by atoms with van der Waals surface area (Å²) in [6, 6.07) is -0.0000463. The van der Waals surface area contributed by atoms with Crippen molar-refractivity contribution in [2.75, 3.05) is 26.7 Å². The van der Waals surface area contributed by atoms with Crippen molar-refractivity contribution in [3.63, 3.8) is 0 Å². The Bertz CT molecular complexity index is 348. The highest BCUT2D eigenvalue weighted by Gasteiger charge is 2.46. The molecular weight excluding hydrogens is 218 g/mol. The largest absolute Gasteiger partial charge is 0.336 e. The van der Waals surface area contributed by atoms with Crippen molar-refractivity contribution in [1.29, 1.82) is 0 Å². The Kier molecular flexibility index (Phi) is 2.89. The molecule has 1 N–H and O–H groups in total. The molecular formula is C12H21N3O2. The zero-order chi connectivity index (χ0) is 12.8. The molecule has 2 aliphatic heterocycles. The number of nitrogens with one attached hydrogen (secondary N) is 1. The van der Waals surface area contributed by atoms with Crippen molar-refractivity contribution in [2.45, 2.75) is 32.4 Å². The predicted molar refractivity (Wildman–Crippen MR) is 64.4 cm³/mol. The molecule has 5 nitrogen and oxygen atoms in total. The molecule has 2 amide bonds. The van der Waals surface area contributed by atoms with Crippen molar-refractivity contribution in [3.05, 3.63) is 0 Å². The molecule has 0 aromatic rings. The van der Waals surface area contributed by atoms with Gasteiger partial charge in [0.15, 0.2) is 0 Å². The van der Waals surface area contributed by atoms with Gasteiger partial charge < -0.3 is 15.1 Å².